The monoisotopic (exact) mass is 553 g/mol. The van der Waals surface area contributed by atoms with E-state index >= 15 is 0 Å². The second-order valence-corrected chi connectivity index (χ2v) is 10.7. The summed E-state index contributed by atoms with van der Waals surface area (Å²) >= 11 is 0. The molecule has 1 heterocycles. The number of fused-ring (bicyclic) bond motifs is 6. The molecule has 0 fully saturated rings. The molecule has 9 aromatic rings. The van der Waals surface area contributed by atoms with Crippen molar-refractivity contribution in [3.8, 4) is 33.4 Å². The molecule has 1 nitrogen and oxygen atoms in total. The van der Waals surface area contributed by atoms with Gasteiger partial charge in [-0.15, -0.1) is 0 Å². The van der Waals surface area contributed by atoms with Crippen LogP contribution in [0.2, 0.25) is 0 Å². The van der Waals surface area contributed by atoms with Crippen molar-refractivity contribution in [3.63, 3.8) is 0 Å². The zero-order chi connectivity index (χ0) is 34.4. The molecule has 0 N–H and O–H groups in total. The van der Waals surface area contributed by atoms with Crippen molar-refractivity contribution in [2.45, 2.75) is 0 Å². The van der Waals surface area contributed by atoms with Crippen molar-refractivity contribution in [2.24, 2.45) is 0 Å². The molecule has 0 radical (unpaired) electrons. The van der Waals surface area contributed by atoms with Gasteiger partial charge in [-0.2, -0.15) is 0 Å². The second-order valence-electron chi connectivity index (χ2n) is 10.7. The summed E-state index contributed by atoms with van der Waals surface area (Å²) in [6, 6.07) is 35.7. The van der Waals surface area contributed by atoms with Gasteiger partial charge in [-0.1, -0.05) is 133 Å². The van der Waals surface area contributed by atoms with Gasteiger partial charge < -0.3 is 4.42 Å². The topological polar surface area (TPSA) is 13.1 Å². The van der Waals surface area contributed by atoms with Crippen LogP contribution in [0.3, 0.4) is 0 Å². The van der Waals surface area contributed by atoms with Crippen molar-refractivity contribution in [1.29, 1.82) is 0 Å². The van der Waals surface area contributed by atoms with Crippen molar-refractivity contribution >= 4 is 54.3 Å². The Labute approximate surface area is 259 Å². The Bertz CT molecular complexity index is 2840. The average molecular weight is 554 g/mol. The van der Waals surface area contributed by atoms with Gasteiger partial charge in [-0.05, 0) is 89.9 Å². The van der Waals surface area contributed by atoms with E-state index in [9.17, 15) is 2.74 Å². The Kier molecular flexibility index (Phi) is 3.95. The zero-order valence-electron chi connectivity index (χ0n) is 29.9. The SMILES string of the molecule is [2H]c1c([2H])c([2H])c2c([2H])c(-c3c4ccccc4c(-c4cc(-c5ccccc5)c5c(c4)oc4ccccc45)c4ccccc34)c([2H])c([2H])c2c1[2H]. The lowest BCUT2D eigenvalue weighted by Gasteiger charge is -2.18. The maximum atomic E-state index is 9.39. The molecule has 200 valence electrons. The fraction of sp³-hybridized carbons (Fsp3) is 0. The van der Waals surface area contributed by atoms with Crippen molar-refractivity contribution < 1.29 is 14.0 Å². The van der Waals surface area contributed by atoms with E-state index in [0.717, 1.165) is 65.7 Å². The van der Waals surface area contributed by atoms with Crippen LogP contribution in [0.4, 0.5) is 0 Å². The van der Waals surface area contributed by atoms with E-state index in [1.54, 1.807) is 0 Å². The minimum Gasteiger partial charge on any atom is -0.456 e. The molecule has 0 aliphatic heterocycles. The molecule has 0 saturated carbocycles. The Morgan fingerprint density at radius 3 is 1.72 bits per heavy atom. The number of benzene rings is 8. The summed E-state index contributed by atoms with van der Waals surface area (Å²) in [5, 5.41) is 5.14. The summed E-state index contributed by atoms with van der Waals surface area (Å²) < 4.78 is 67.8. The highest BCUT2D eigenvalue weighted by Crippen LogP contribution is 2.47. The van der Waals surface area contributed by atoms with Crippen LogP contribution in [0.25, 0.3) is 87.6 Å². The lowest BCUT2D eigenvalue weighted by molar-refractivity contribution is 0.669. The smallest absolute Gasteiger partial charge is 0.136 e. The van der Waals surface area contributed by atoms with Gasteiger partial charge in [0.2, 0.25) is 0 Å². The Hall–Kier alpha value is -5.66. The van der Waals surface area contributed by atoms with Crippen LogP contribution in [0, 0.1) is 0 Å². The summed E-state index contributed by atoms with van der Waals surface area (Å²) in [4.78, 5) is 0. The summed E-state index contributed by atoms with van der Waals surface area (Å²) in [5.74, 6) is 0. The number of hydrogen-bond donors (Lipinski definition) is 0. The van der Waals surface area contributed by atoms with Gasteiger partial charge in [0.1, 0.15) is 11.2 Å². The Morgan fingerprint density at radius 2 is 1.02 bits per heavy atom. The highest BCUT2D eigenvalue weighted by atomic mass is 16.3. The lowest BCUT2D eigenvalue weighted by atomic mass is 9.84. The largest absolute Gasteiger partial charge is 0.456 e. The first-order chi connectivity index (χ1) is 24.3. The van der Waals surface area contributed by atoms with Crippen LogP contribution in [0.5, 0.6) is 0 Å². The predicted octanol–water partition coefficient (Wildman–Crippen LogP) is 12.0. The molecule has 8 aromatic carbocycles. The third-order valence-electron chi connectivity index (χ3n) is 8.28. The third-order valence-corrected chi connectivity index (χ3v) is 8.28. The van der Waals surface area contributed by atoms with Crippen LogP contribution < -0.4 is 0 Å². The van der Waals surface area contributed by atoms with Gasteiger partial charge in [0, 0.05) is 10.8 Å². The average Bonchev–Trinajstić information content (AvgIpc) is 3.53. The van der Waals surface area contributed by atoms with Gasteiger partial charge in [0.05, 0.1) is 9.60 Å². The van der Waals surface area contributed by atoms with Gasteiger partial charge in [0.25, 0.3) is 0 Å². The number of furan rings is 1. The maximum Gasteiger partial charge on any atom is 0.136 e. The van der Waals surface area contributed by atoms with Crippen molar-refractivity contribution in [2.75, 3.05) is 0 Å². The quantitative estimate of drug-likeness (QED) is 0.198. The lowest BCUT2D eigenvalue weighted by Crippen LogP contribution is -1.91. The van der Waals surface area contributed by atoms with Gasteiger partial charge in [-0.25, -0.2) is 0 Å². The van der Waals surface area contributed by atoms with Gasteiger partial charge in [0.15, 0.2) is 0 Å². The van der Waals surface area contributed by atoms with E-state index < -0.39 is 24.2 Å². The summed E-state index contributed by atoms with van der Waals surface area (Å²) in [6.07, 6.45) is 0. The first kappa shape index (κ1) is 18.0. The highest BCUT2D eigenvalue weighted by Gasteiger charge is 2.20. The van der Waals surface area contributed by atoms with Crippen LogP contribution in [-0.4, -0.2) is 0 Å². The number of hydrogen-bond acceptors (Lipinski definition) is 1. The molecule has 0 aliphatic carbocycles. The first-order valence-electron chi connectivity index (χ1n) is 17.7. The summed E-state index contributed by atoms with van der Waals surface area (Å²) in [5.41, 5.74) is 6.25. The molecule has 0 saturated heterocycles. The van der Waals surface area contributed by atoms with Crippen molar-refractivity contribution in [3.05, 3.63) is 158 Å². The molecule has 9 rings (SSSR count). The van der Waals surface area contributed by atoms with Gasteiger partial charge >= 0.3 is 0 Å². The zero-order valence-corrected chi connectivity index (χ0v) is 22.9. The first-order valence-corrected chi connectivity index (χ1v) is 14.2. The Morgan fingerprint density at radius 1 is 0.442 bits per heavy atom. The molecular weight excluding hydrogens is 520 g/mol. The number of rotatable bonds is 3. The highest BCUT2D eigenvalue weighted by molar-refractivity contribution is 6.23. The molecule has 0 atom stereocenters. The standard InChI is InChI=1S/C42H26O/c1-2-13-28(14-3-1)37-25-31(26-39-42(37)36-20-10-11-21-38(36)43-39)41-34-18-8-6-16-32(34)40(33-17-7-9-19-35(33)41)30-23-22-27-12-4-5-15-29(27)24-30/h1-26H/i4D,5D,12D,15D,22D,23D,24D. The van der Waals surface area contributed by atoms with E-state index in [1.165, 1.54) is 0 Å². The van der Waals surface area contributed by atoms with Crippen LogP contribution in [-0.2, 0) is 0 Å². The normalized spacial score (nSPS) is 14.0. The third kappa shape index (κ3) is 3.72. The molecule has 43 heavy (non-hydrogen) atoms. The molecule has 0 amide bonds. The van der Waals surface area contributed by atoms with E-state index in [2.05, 4.69) is 30.3 Å². The minimum absolute atomic E-state index is 0.0629. The second kappa shape index (κ2) is 9.44. The predicted molar refractivity (Wildman–Crippen MR) is 183 cm³/mol. The molecule has 0 bridgehead atoms. The Balaban J connectivity index is 1.44. The minimum atomic E-state index is -0.487. The fourth-order valence-electron chi connectivity index (χ4n) is 6.46. The van der Waals surface area contributed by atoms with Crippen molar-refractivity contribution in [1.82, 2.24) is 0 Å². The molecular formula is C42H26O. The maximum absolute atomic E-state index is 9.39. The molecule has 1 aromatic heterocycles. The summed E-state index contributed by atoms with van der Waals surface area (Å²) in [6.45, 7) is 0. The van der Waals surface area contributed by atoms with Crippen LogP contribution in [0.15, 0.2) is 162 Å². The number of para-hydroxylation sites is 1. The molecule has 1 heteroatoms. The van der Waals surface area contributed by atoms with Gasteiger partial charge in [-0.3, -0.25) is 0 Å². The van der Waals surface area contributed by atoms with Crippen LogP contribution >= 0.6 is 0 Å². The van der Waals surface area contributed by atoms with E-state index in [4.69, 9.17) is 11.3 Å². The molecule has 0 aliphatic rings. The van der Waals surface area contributed by atoms with E-state index in [-0.39, 0.29) is 34.5 Å². The van der Waals surface area contributed by atoms with Crippen LogP contribution in [0.1, 0.15) is 9.60 Å². The van der Waals surface area contributed by atoms with E-state index in [0.29, 0.717) is 5.56 Å². The summed E-state index contributed by atoms with van der Waals surface area (Å²) in [7, 11) is 0. The fourth-order valence-corrected chi connectivity index (χ4v) is 6.46. The molecule has 0 spiro atoms. The molecule has 0 unspecified atom stereocenters. The van der Waals surface area contributed by atoms with E-state index in [1.807, 2.05) is 84.9 Å².